The molecule has 1 aliphatic heterocycles. The van der Waals surface area contributed by atoms with Crippen molar-refractivity contribution in [2.45, 2.75) is 18.2 Å². The van der Waals surface area contributed by atoms with Crippen molar-refractivity contribution in [2.24, 2.45) is 11.8 Å². The second kappa shape index (κ2) is 5.83. The van der Waals surface area contributed by atoms with Crippen molar-refractivity contribution in [3.8, 4) is 0 Å². The van der Waals surface area contributed by atoms with E-state index >= 15 is 0 Å². The molecule has 1 amide bonds. The van der Waals surface area contributed by atoms with E-state index in [2.05, 4.69) is 6.92 Å². The minimum atomic E-state index is -3.51. The van der Waals surface area contributed by atoms with Gasteiger partial charge in [0.2, 0.25) is 15.9 Å². The molecule has 2 atom stereocenters. The van der Waals surface area contributed by atoms with E-state index in [0.29, 0.717) is 37.1 Å². The third-order valence-electron chi connectivity index (χ3n) is 4.43. The van der Waals surface area contributed by atoms with Crippen LogP contribution in [0.3, 0.4) is 0 Å². The lowest BCUT2D eigenvalue weighted by Gasteiger charge is -2.34. The van der Waals surface area contributed by atoms with Gasteiger partial charge in [-0.1, -0.05) is 18.5 Å². The van der Waals surface area contributed by atoms with E-state index in [1.807, 2.05) is 0 Å². The Morgan fingerprint density at radius 2 is 1.68 bits per heavy atom. The zero-order chi connectivity index (χ0) is 15.9. The number of rotatable bonds is 3. The van der Waals surface area contributed by atoms with E-state index in [0.717, 1.165) is 6.42 Å². The zero-order valence-electron chi connectivity index (χ0n) is 12.4. The summed E-state index contributed by atoms with van der Waals surface area (Å²) in [5.74, 6) is 0.804. The molecule has 1 aliphatic carbocycles. The van der Waals surface area contributed by atoms with E-state index in [1.165, 1.54) is 16.4 Å². The van der Waals surface area contributed by atoms with Crippen molar-refractivity contribution < 1.29 is 13.2 Å². The molecule has 1 aromatic carbocycles. The molecule has 0 radical (unpaired) electrons. The molecular weight excluding hydrogens is 324 g/mol. The molecule has 3 rings (SSSR count). The van der Waals surface area contributed by atoms with Crippen molar-refractivity contribution in [1.29, 1.82) is 0 Å². The van der Waals surface area contributed by atoms with Crippen molar-refractivity contribution in [2.75, 3.05) is 26.2 Å². The van der Waals surface area contributed by atoms with Gasteiger partial charge in [-0.3, -0.25) is 4.79 Å². The van der Waals surface area contributed by atoms with Crippen LogP contribution in [0.15, 0.2) is 29.2 Å². The molecule has 2 fully saturated rings. The standard InChI is InChI=1S/C15H19ClN2O3S/c1-11-10-14(11)15(19)17-6-8-18(9-7-17)22(20,21)13-4-2-12(16)3-5-13/h2-5,11,14H,6-10H2,1H3/t11-,14-/m0/s1. The van der Waals surface area contributed by atoms with Crippen molar-refractivity contribution >= 4 is 27.5 Å². The topological polar surface area (TPSA) is 57.7 Å². The molecule has 1 heterocycles. The number of benzene rings is 1. The molecule has 2 aliphatic rings. The number of amides is 1. The third-order valence-corrected chi connectivity index (χ3v) is 6.59. The summed E-state index contributed by atoms with van der Waals surface area (Å²) in [4.78, 5) is 14.2. The molecule has 7 heteroatoms. The highest BCUT2D eigenvalue weighted by Crippen LogP contribution is 2.39. The first-order valence-corrected chi connectivity index (χ1v) is 9.26. The Balaban J connectivity index is 1.65. The smallest absolute Gasteiger partial charge is 0.243 e. The third kappa shape index (κ3) is 3.00. The summed E-state index contributed by atoms with van der Waals surface area (Å²) in [6.45, 7) is 3.70. The molecule has 0 unspecified atom stereocenters. The molecule has 22 heavy (non-hydrogen) atoms. The lowest BCUT2D eigenvalue weighted by molar-refractivity contribution is -0.134. The Morgan fingerprint density at radius 3 is 2.18 bits per heavy atom. The highest BCUT2D eigenvalue weighted by atomic mass is 35.5. The van der Waals surface area contributed by atoms with E-state index in [9.17, 15) is 13.2 Å². The first-order valence-electron chi connectivity index (χ1n) is 7.44. The molecule has 1 saturated heterocycles. The summed E-state index contributed by atoms with van der Waals surface area (Å²) < 4.78 is 26.5. The Labute approximate surface area is 135 Å². The SMILES string of the molecule is C[C@H]1C[C@@H]1C(=O)N1CCN(S(=O)(=O)c2ccc(Cl)cc2)CC1. The Morgan fingerprint density at radius 1 is 1.14 bits per heavy atom. The summed E-state index contributed by atoms with van der Waals surface area (Å²) >= 11 is 5.80. The van der Waals surface area contributed by atoms with Crippen LogP contribution in [0.4, 0.5) is 0 Å². The molecule has 0 spiro atoms. The average molecular weight is 343 g/mol. The van der Waals surface area contributed by atoms with Crippen LogP contribution in [0.1, 0.15) is 13.3 Å². The van der Waals surface area contributed by atoms with E-state index in [-0.39, 0.29) is 16.7 Å². The number of piperazine rings is 1. The van der Waals surface area contributed by atoms with Gasteiger partial charge in [-0.15, -0.1) is 0 Å². The number of hydrogen-bond acceptors (Lipinski definition) is 3. The van der Waals surface area contributed by atoms with Crippen LogP contribution < -0.4 is 0 Å². The summed E-state index contributed by atoms with van der Waals surface area (Å²) in [5, 5.41) is 0.507. The first kappa shape index (κ1) is 15.8. The van der Waals surface area contributed by atoms with Crippen LogP contribution in [0, 0.1) is 11.8 Å². The molecule has 0 bridgehead atoms. The van der Waals surface area contributed by atoms with Gasteiger partial charge in [0.15, 0.2) is 0 Å². The minimum absolute atomic E-state index is 0.152. The number of sulfonamides is 1. The average Bonchev–Trinajstić information content (AvgIpc) is 3.24. The fourth-order valence-electron chi connectivity index (χ4n) is 2.81. The highest BCUT2D eigenvalue weighted by molar-refractivity contribution is 7.89. The second-order valence-corrected chi connectivity index (χ2v) is 8.38. The van der Waals surface area contributed by atoms with Gasteiger partial charge < -0.3 is 4.90 Å². The van der Waals surface area contributed by atoms with Gasteiger partial charge in [0.25, 0.3) is 0 Å². The Kier molecular flexibility index (Phi) is 4.18. The van der Waals surface area contributed by atoms with Crippen molar-refractivity contribution in [1.82, 2.24) is 9.21 Å². The first-order chi connectivity index (χ1) is 10.4. The number of carbonyl (C=O) groups is 1. The molecule has 1 saturated carbocycles. The lowest BCUT2D eigenvalue weighted by atomic mass is 10.2. The van der Waals surface area contributed by atoms with Gasteiger partial charge >= 0.3 is 0 Å². The number of carbonyl (C=O) groups excluding carboxylic acids is 1. The van der Waals surface area contributed by atoms with E-state index in [1.54, 1.807) is 17.0 Å². The van der Waals surface area contributed by atoms with Gasteiger partial charge in [-0.05, 0) is 36.6 Å². The zero-order valence-corrected chi connectivity index (χ0v) is 14.0. The Hall–Kier alpha value is -1.11. The molecule has 5 nitrogen and oxygen atoms in total. The second-order valence-electron chi connectivity index (χ2n) is 6.00. The maximum Gasteiger partial charge on any atom is 0.243 e. The maximum absolute atomic E-state index is 12.6. The summed E-state index contributed by atoms with van der Waals surface area (Å²) in [5.41, 5.74) is 0. The number of halogens is 1. The number of hydrogen-bond donors (Lipinski definition) is 0. The predicted octanol–water partition coefficient (Wildman–Crippen LogP) is 1.83. The monoisotopic (exact) mass is 342 g/mol. The molecule has 120 valence electrons. The largest absolute Gasteiger partial charge is 0.340 e. The molecule has 0 N–H and O–H groups in total. The van der Waals surface area contributed by atoms with Crippen LogP contribution in [0.2, 0.25) is 5.02 Å². The van der Waals surface area contributed by atoms with Crippen LogP contribution in [-0.4, -0.2) is 49.7 Å². The van der Waals surface area contributed by atoms with Crippen LogP contribution in [0.25, 0.3) is 0 Å². The van der Waals surface area contributed by atoms with Crippen LogP contribution in [0.5, 0.6) is 0 Å². The fourth-order valence-corrected chi connectivity index (χ4v) is 4.35. The van der Waals surface area contributed by atoms with Crippen molar-refractivity contribution in [3.63, 3.8) is 0 Å². The van der Waals surface area contributed by atoms with Gasteiger partial charge in [-0.25, -0.2) is 8.42 Å². The highest BCUT2D eigenvalue weighted by Gasteiger charge is 2.42. The van der Waals surface area contributed by atoms with Crippen LogP contribution in [-0.2, 0) is 14.8 Å². The van der Waals surface area contributed by atoms with Crippen LogP contribution >= 0.6 is 11.6 Å². The summed E-state index contributed by atoms with van der Waals surface area (Å²) in [6, 6.07) is 6.17. The number of nitrogens with zero attached hydrogens (tertiary/aromatic N) is 2. The molecule has 1 aromatic rings. The quantitative estimate of drug-likeness (QED) is 0.842. The maximum atomic E-state index is 12.6. The predicted molar refractivity (Wildman–Crippen MR) is 84.1 cm³/mol. The molecular formula is C15H19ClN2O3S. The summed E-state index contributed by atoms with van der Waals surface area (Å²) in [7, 11) is -3.51. The van der Waals surface area contributed by atoms with Gasteiger partial charge in [0.1, 0.15) is 0 Å². The lowest BCUT2D eigenvalue weighted by Crippen LogP contribution is -2.51. The van der Waals surface area contributed by atoms with E-state index in [4.69, 9.17) is 11.6 Å². The fraction of sp³-hybridized carbons (Fsp3) is 0.533. The molecule has 0 aromatic heterocycles. The van der Waals surface area contributed by atoms with Gasteiger partial charge in [0, 0.05) is 37.1 Å². The minimum Gasteiger partial charge on any atom is -0.340 e. The summed E-state index contributed by atoms with van der Waals surface area (Å²) in [6.07, 6.45) is 0.960. The normalized spacial score (nSPS) is 26.0. The van der Waals surface area contributed by atoms with Crippen molar-refractivity contribution in [3.05, 3.63) is 29.3 Å². The van der Waals surface area contributed by atoms with Gasteiger partial charge in [-0.2, -0.15) is 4.31 Å². The van der Waals surface area contributed by atoms with E-state index < -0.39 is 10.0 Å². The Bertz CT molecular complexity index is 667. The van der Waals surface area contributed by atoms with Gasteiger partial charge in [0.05, 0.1) is 4.90 Å².